The SMILES string of the molecule is CCC1(NC(=O)NC[C@H](CC(=O)O)CC(C)C)CCC1. The minimum Gasteiger partial charge on any atom is -0.481 e. The summed E-state index contributed by atoms with van der Waals surface area (Å²) in [6.45, 7) is 6.65. The molecule has 0 bridgehead atoms. The Hall–Kier alpha value is -1.26. The third-order valence-corrected chi connectivity index (χ3v) is 4.19. The molecule has 5 nitrogen and oxygen atoms in total. The number of carboxylic acids is 1. The first-order valence-corrected chi connectivity index (χ1v) is 7.64. The van der Waals surface area contributed by atoms with Crippen molar-refractivity contribution in [1.29, 1.82) is 0 Å². The van der Waals surface area contributed by atoms with Gasteiger partial charge in [-0.2, -0.15) is 0 Å². The van der Waals surface area contributed by atoms with Crippen LogP contribution in [-0.4, -0.2) is 29.2 Å². The van der Waals surface area contributed by atoms with E-state index in [0.717, 1.165) is 25.7 Å². The Labute approximate surface area is 121 Å². The molecular formula is C15H28N2O3. The number of nitrogens with one attached hydrogen (secondary N) is 2. The normalized spacial score (nSPS) is 18.2. The van der Waals surface area contributed by atoms with E-state index >= 15 is 0 Å². The third-order valence-electron chi connectivity index (χ3n) is 4.19. The Morgan fingerprint density at radius 3 is 2.35 bits per heavy atom. The van der Waals surface area contributed by atoms with Crippen LogP contribution in [0.3, 0.4) is 0 Å². The average molecular weight is 284 g/mol. The maximum atomic E-state index is 11.9. The van der Waals surface area contributed by atoms with Gasteiger partial charge in [0.15, 0.2) is 0 Å². The lowest BCUT2D eigenvalue weighted by atomic mass is 9.75. The number of rotatable bonds is 8. The maximum Gasteiger partial charge on any atom is 0.315 e. The molecule has 1 saturated carbocycles. The van der Waals surface area contributed by atoms with Crippen LogP contribution < -0.4 is 10.6 Å². The van der Waals surface area contributed by atoms with Crippen molar-refractivity contribution in [2.45, 2.75) is 64.8 Å². The zero-order valence-corrected chi connectivity index (χ0v) is 12.9. The van der Waals surface area contributed by atoms with Gasteiger partial charge in [-0.25, -0.2) is 4.79 Å². The molecule has 0 aliphatic heterocycles. The number of carbonyl (C=O) groups is 2. The smallest absolute Gasteiger partial charge is 0.315 e. The fourth-order valence-corrected chi connectivity index (χ4v) is 2.85. The Kier molecular flexibility index (Phi) is 6.30. The summed E-state index contributed by atoms with van der Waals surface area (Å²) in [6.07, 6.45) is 5.12. The molecule has 2 amide bonds. The highest BCUT2D eigenvalue weighted by Gasteiger charge is 2.36. The summed E-state index contributed by atoms with van der Waals surface area (Å²) in [7, 11) is 0. The van der Waals surface area contributed by atoms with Crippen LogP contribution in [0, 0.1) is 11.8 Å². The molecule has 0 saturated heterocycles. The molecule has 0 heterocycles. The van der Waals surface area contributed by atoms with Gasteiger partial charge in [0.05, 0.1) is 0 Å². The van der Waals surface area contributed by atoms with E-state index in [4.69, 9.17) is 5.11 Å². The number of hydrogen-bond acceptors (Lipinski definition) is 2. The molecule has 1 aliphatic carbocycles. The molecule has 116 valence electrons. The summed E-state index contributed by atoms with van der Waals surface area (Å²) < 4.78 is 0. The van der Waals surface area contributed by atoms with E-state index in [-0.39, 0.29) is 23.9 Å². The van der Waals surface area contributed by atoms with E-state index in [2.05, 4.69) is 31.4 Å². The van der Waals surface area contributed by atoms with Gasteiger partial charge in [-0.05, 0) is 43.9 Å². The van der Waals surface area contributed by atoms with E-state index in [1.54, 1.807) is 0 Å². The summed E-state index contributed by atoms with van der Waals surface area (Å²) in [5.41, 5.74) is -0.0234. The summed E-state index contributed by atoms with van der Waals surface area (Å²) in [5.74, 6) is -0.378. The molecule has 0 spiro atoms. The average Bonchev–Trinajstić information content (AvgIpc) is 2.29. The highest BCUT2D eigenvalue weighted by atomic mass is 16.4. The van der Waals surface area contributed by atoms with E-state index in [1.165, 1.54) is 6.42 Å². The third kappa shape index (κ3) is 5.39. The highest BCUT2D eigenvalue weighted by Crippen LogP contribution is 2.34. The van der Waals surface area contributed by atoms with Gasteiger partial charge in [-0.3, -0.25) is 4.79 Å². The van der Waals surface area contributed by atoms with Crippen LogP contribution in [-0.2, 0) is 4.79 Å². The fourth-order valence-electron chi connectivity index (χ4n) is 2.85. The molecule has 1 rings (SSSR count). The Bertz CT molecular complexity index is 333. The number of hydrogen-bond donors (Lipinski definition) is 3. The second kappa shape index (κ2) is 7.50. The van der Waals surface area contributed by atoms with Crippen molar-refractivity contribution in [1.82, 2.24) is 10.6 Å². The van der Waals surface area contributed by atoms with E-state index in [0.29, 0.717) is 12.5 Å². The largest absolute Gasteiger partial charge is 0.481 e. The van der Waals surface area contributed by atoms with Crippen LogP contribution in [0.1, 0.15) is 59.3 Å². The number of amides is 2. The van der Waals surface area contributed by atoms with Crippen LogP contribution in [0.5, 0.6) is 0 Å². The van der Waals surface area contributed by atoms with Crippen LogP contribution >= 0.6 is 0 Å². The molecule has 0 aromatic rings. The molecular weight excluding hydrogens is 256 g/mol. The lowest BCUT2D eigenvalue weighted by molar-refractivity contribution is -0.138. The molecule has 0 aromatic heterocycles. The van der Waals surface area contributed by atoms with Crippen molar-refractivity contribution in [2.75, 3.05) is 6.54 Å². The van der Waals surface area contributed by atoms with Gasteiger partial charge in [0.2, 0.25) is 0 Å². The minimum atomic E-state index is -0.804. The number of carbonyl (C=O) groups excluding carboxylic acids is 1. The zero-order valence-electron chi connectivity index (χ0n) is 12.9. The fraction of sp³-hybridized carbons (Fsp3) is 0.867. The Morgan fingerprint density at radius 2 is 1.95 bits per heavy atom. The molecule has 1 aliphatic rings. The summed E-state index contributed by atoms with van der Waals surface area (Å²) in [6, 6.07) is -0.161. The molecule has 0 radical (unpaired) electrons. The van der Waals surface area contributed by atoms with Crippen LogP contribution in [0.4, 0.5) is 4.79 Å². The van der Waals surface area contributed by atoms with Crippen LogP contribution in [0.2, 0.25) is 0 Å². The van der Waals surface area contributed by atoms with Gasteiger partial charge < -0.3 is 15.7 Å². The Morgan fingerprint density at radius 1 is 1.30 bits per heavy atom. The van der Waals surface area contributed by atoms with Crippen molar-refractivity contribution in [2.24, 2.45) is 11.8 Å². The van der Waals surface area contributed by atoms with E-state index in [9.17, 15) is 9.59 Å². The molecule has 5 heteroatoms. The lowest BCUT2D eigenvalue weighted by Crippen LogP contribution is -2.56. The summed E-state index contributed by atoms with van der Waals surface area (Å²) >= 11 is 0. The maximum absolute atomic E-state index is 11.9. The lowest BCUT2D eigenvalue weighted by Gasteiger charge is -2.42. The van der Waals surface area contributed by atoms with Gasteiger partial charge in [-0.1, -0.05) is 20.8 Å². The summed E-state index contributed by atoms with van der Waals surface area (Å²) in [4.78, 5) is 22.8. The van der Waals surface area contributed by atoms with Crippen molar-refractivity contribution in [3.8, 4) is 0 Å². The molecule has 0 unspecified atom stereocenters. The van der Waals surface area contributed by atoms with Crippen molar-refractivity contribution in [3.05, 3.63) is 0 Å². The van der Waals surface area contributed by atoms with Crippen LogP contribution in [0.15, 0.2) is 0 Å². The first-order chi connectivity index (χ1) is 9.37. The predicted octanol–water partition coefficient (Wildman–Crippen LogP) is 2.76. The van der Waals surface area contributed by atoms with Gasteiger partial charge in [0.25, 0.3) is 0 Å². The standard InChI is InChI=1S/C15H28N2O3/c1-4-15(6-5-7-15)17-14(20)16-10-12(8-11(2)3)9-13(18)19/h11-12H,4-10H2,1-3H3,(H,18,19)(H2,16,17,20)/t12-/m0/s1. The van der Waals surface area contributed by atoms with Gasteiger partial charge in [-0.15, -0.1) is 0 Å². The number of carboxylic acid groups (broad SMARTS) is 1. The van der Waals surface area contributed by atoms with Gasteiger partial charge in [0.1, 0.15) is 0 Å². The number of urea groups is 1. The number of aliphatic carboxylic acids is 1. The highest BCUT2D eigenvalue weighted by molar-refractivity contribution is 5.75. The van der Waals surface area contributed by atoms with E-state index in [1.807, 2.05) is 0 Å². The second-order valence-corrected chi connectivity index (χ2v) is 6.42. The predicted molar refractivity (Wildman–Crippen MR) is 78.6 cm³/mol. The van der Waals surface area contributed by atoms with Crippen molar-refractivity contribution in [3.63, 3.8) is 0 Å². The molecule has 1 fully saturated rings. The Balaban J connectivity index is 2.37. The van der Waals surface area contributed by atoms with E-state index < -0.39 is 5.97 Å². The molecule has 20 heavy (non-hydrogen) atoms. The molecule has 3 N–H and O–H groups in total. The first-order valence-electron chi connectivity index (χ1n) is 7.64. The zero-order chi connectivity index (χ0) is 15.2. The first kappa shape index (κ1) is 16.8. The van der Waals surface area contributed by atoms with Crippen molar-refractivity contribution >= 4 is 12.0 Å². The topological polar surface area (TPSA) is 78.4 Å². The molecule has 0 aromatic carbocycles. The monoisotopic (exact) mass is 284 g/mol. The van der Waals surface area contributed by atoms with Gasteiger partial charge in [0, 0.05) is 18.5 Å². The quantitative estimate of drug-likeness (QED) is 0.641. The summed E-state index contributed by atoms with van der Waals surface area (Å²) in [5, 5.41) is 14.8. The minimum absolute atomic E-state index is 0.00258. The van der Waals surface area contributed by atoms with Crippen LogP contribution in [0.25, 0.3) is 0 Å². The van der Waals surface area contributed by atoms with Crippen molar-refractivity contribution < 1.29 is 14.7 Å². The van der Waals surface area contributed by atoms with Gasteiger partial charge >= 0.3 is 12.0 Å². The second-order valence-electron chi connectivity index (χ2n) is 6.42. The molecule has 1 atom stereocenters.